The van der Waals surface area contributed by atoms with Crippen LogP contribution in [0.5, 0.6) is 0 Å². The molecular weight excluding hydrogens is 174 g/mol. The number of hydrogen-bond donors (Lipinski definition) is 0. The van der Waals surface area contributed by atoms with Crippen molar-refractivity contribution in [1.29, 1.82) is 0 Å². The minimum Gasteiger partial charge on any atom is -0.211 e. The highest BCUT2D eigenvalue weighted by atomic mass is 35.5. The first-order chi connectivity index (χ1) is 5.88. The number of benzene rings is 1. The lowest BCUT2D eigenvalue weighted by Crippen LogP contribution is -1.85. The molecule has 1 rings (SSSR count). The highest BCUT2D eigenvalue weighted by molar-refractivity contribution is 6.18. The lowest BCUT2D eigenvalue weighted by Gasteiger charge is -1.99. The fraction of sp³-hybridized carbons (Fsp3) is 0.222. The molecule has 1 aromatic carbocycles. The van der Waals surface area contributed by atoms with Crippen LogP contribution in [0.3, 0.4) is 0 Å². The lowest BCUT2D eigenvalue weighted by atomic mass is 10.1. The second-order valence-electron chi connectivity index (χ2n) is 2.27. The summed E-state index contributed by atoms with van der Waals surface area (Å²) in [6.07, 6.45) is 2.24. The highest BCUT2D eigenvalue weighted by Gasteiger charge is 1.97. The molecule has 0 heterocycles. The van der Waals surface area contributed by atoms with Crippen molar-refractivity contribution in [2.45, 2.75) is 6.42 Å². The number of para-hydroxylation sites is 1. The van der Waals surface area contributed by atoms with E-state index in [0.29, 0.717) is 11.6 Å². The number of carbonyl (C=O) groups excluding carboxylic acids is 1. The van der Waals surface area contributed by atoms with E-state index in [1.54, 1.807) is 6.07 Å². The molecular formula is C9H8ClNO. The average molecular weight is 182 g/mol. The van der Waals surface area contributed by atoms with Crippen LogP contribution in [0.25, 0.3) is 0 Å². The number of aliphatic imine (C=N–C) groups is 1. The Hall–Kier alpha value is -1.11. The zero-order chi connectivity index (χ0) is 8.81. The third kappa shape index (κ3) is 2.19. The Kier molecular flexibility index (Phi) is 3.52. The summed E-state index contributed by atoms with van der Waals surface area (Å²) >= 11 is 5.57. The highest BCUT2D eigenvalue weighted by Crippen LogP contribution is 2.18. The summed E-state index contributed by atoms with van der Waals surface area (Å²) < 4.78 is 0. The summed E-state index contributed by atoms with van der Waals surface area (Å²) in [4.78, 5) is 13.6. The molecule has 0 N–H and O–H groups in total. The molecule has 0 radical (unpaired) electrons. The van der Waals surface area contributed by atoms with Crippen molar-refractivity contribution in [1.82, 2.24) is 0 Å². The molecule has 1 aromatic rings. The van der Waals surface area contributed by atoms with Gasteiger partial charge in [-0.15, -0.1) is 11.6 Å². The number of alkyl halides is 1. The molecule has 0 aromatic heterocycles. The summed E-state index contributed by atoms with van der Waals surface area (Å²) in [5, 5.41) is 0. The Balaban J connectivity index is 2.99. The zero-order valence-electron chi connectivity index (χ0n) is 6.46. The van der Waals surface area contributed by atoms with E-state index in [1.165, 1.54) is 6.08 Å². The summed E-state index contributed by atoms with van der Waals surface area (Å²) in [6.45, 7) is 0. The van der Waals surface area contributed by atoms with Gasteiger partial charge in [0.2, 0.25) is 6.08 Å². The van der Waals surface area contributed by atoms with Crippen LogP contribution in [0.15, 0.2) is 29.3 Å². The molecule has 0 amide bonds. The number of nitrogens with zero attached hydrogens (tertiary/aromatic N) is 1. The van der Waals surface area contributed by atoms with Crippen molar-refractivity contribution >= 4 is 23.4 Å². The van der Waals surface area contributed by atoms with Gasteiger partial charge in [0.15, 0.2) is 0 Å². The molecule has 0 aliphatic carbocycles. The second kappa shape index (κ2) is 4.70. The van der Waals surface area contributed by atoms with Crippen LogP contribution in [0, 0.1) is 0 Å². The van der Waals surface area contributed by atoms with Crippen LogP contribution in [0.1, 0.15) is 5.56 Å². The maximum atomic E-state index is 10.0. The maximum Gasteiger partial charge on any atom is 0.240 e. The van der Waals surface area contributed by atoms with Gasteiger partial charge in [0.1, 0.15) is 0 Å². The van der Waals surface area contributed by atoms with Gasteiger partial charge < -0.3 is 0 Å². The fourth-order valence-electron chi connectivity index (χ4n) is 0.982. The first-order valence-electron chi connectivity index (χ1n) is 3.60. The predicted octanol–water partition coefficient (Wildman–Crippen LogP) is 2.44. The lowest BCUT2D eigenvalue weighted by molar-refractivity contribution is 0.565. The van der Waals surface area contributed by atoms with E-state index in [4.69, 9.17) is 11.6 Å². The molecule has 0 unspecified atom stereocenters. The van der Waals surface area contributed by atoms with E-state index in [-0.39, 0.29) is 0 Å². The Morgan fingerprint density at radius 1 is 1.42 bits per heavy atom. The Bertz CT molecular complexity index is 305. The molecule has 0 saturated heterocycles. The zero-order valence-corrected chi connectivity index (χ0v) is 7.21. The van der Waals surface area contributed by atoms with Crippen molar-refractivity contribution < 1.29 is 4.79 Å². The summed E-state index contributed by atoms with van der Waals surface area (Å²) in [5.41, 5.74) is 1.64. The van der Waals surface area contributed by atoms with Crippen molar-refractivity contribution in [3.8, 4) is 0 Å². The molecule has 0 bridgehead atoms. The minimum atomic E-state index is 0.533. The van der Waals surface area contributed by atoms with Crippen molar-refractivity contribution in [3.63, 3.8) is 0 Å². The number of hydrogen-bond acceptors (Lipinski definition) is 2. The summed E-state index contributed by atoms with van der Waals surface area (Å²) in [6, 6.07) is 7.39. The van der Waals surface area contributed by atoms with Crippen molar-refractivity contribution in [3.05, 3.63) is 29.8 Å². The number of isocyanates is 1. The van der Waals surface area contributed by atoms with E-state index < -0.39 is 0 Å². The molecule has 12 heavy (non-hydrogen) atoms. The minimum absolute atomic E-state index is 0.533. The Morgan fingerprint density at radius 2 is 2.17 bits per heavy atom. The first-order valence-corrected chi connectivity index (χ1v) is 4.13. The first kappa shape index (κ1) is 8.98. The van der Waals surface area contributed by atoms with Crippen molar-refractivity contribution in [2.75, 3.05) is 5.88 Å². The molecule has 3 heteroatoms. The van der Waals surface area contributed by atoms with Crippen LogP contribution < -0.4 is 0 Å². The van der Waals surface area contributed by atoms with Crippen LogP contribution in [0.4, 0.5) is 5.69 Å². The van der Waals surface area contributed by atoms with Crippen LogP contribution in [-0.4, -0.2) is 12.0 Å². The number of aryl methyl sites for hydroxylation is 1. The van der Waals surface area contributed by atoms with E-state index in [0.717, 1.165) is 12.0 Å². The van der Waals surface area contributed by atoms with Gasteiger partial charge in [-0.1, -0.05) is 18.2 Å². The monoisotopic (exact) mass is 181 g/mol. The fourth-order valence-corrected chi connectivity index (χ4v) is 1.19. The van der Waals surface area contributed by atoms with Gasteiger partial charge in [-0.3, -0.25) is 0 Å². The number of halogens is 1. The van der Waals surface area contributed by atoms with Gasteiger partial charge in [-0.25, -0.2) is 4.79 Å². The van der Waals surface area contributed by atoms with E-state index >= 15 is 0 Å². The third-order valence-electron chi connectivity index (χ3n) is 1.52. The Morgan fingerprint density at radius 3 is 2.83 bits per heavy atom. The van der Waals surface area contributed by atoms with E-state index in [9.17, 15) is 4.79 Å². The third-order valence-corrected chi connectivity index (χ3v) is 1.71. The maximum absolute atomic E-state index is 10.0. The molecule has 0 aliphatic heterocycles. The molecule has 0 saturated carbocycles. The molecule has 62 valence electrons. The Labute approximate surface area is 75.9 Å². The van der Waals surface area contributed by atoms with Gasteiger partial charge in [0, 0.05) is 5.88 Å². The van der Waals surface area contributed by atoms with E-state index in [1.807, 2.05) is 18.2 Å². The summed E-state index contributed by atoms with van der Waals surface area (Å²) in [7, 11) is 0. The second-order valence-corrected chi connectivity index (χ2v) is 2.65. The molecule has 0 fully saturated rings. The number of rotatable bonds is 3. The van der Waals surface area contributed by atoms with Crippen LogP contribution >= 0.6 is 11.6 Å². The predicted molar refractivity (Wildman–Crippen MR) is 48.6 cm³/mol. The largest absolute Gasteiger partial charge is 0.240 e. The molecule has 2 nitrogen and oxygen atoms in total. The van der Waals surface area contributed by atoms with Crippen LogP contribution in [-0.2, 0) is 11.2 Å². The van der Waals surface area contributed by atoms with Gasteiger partial charge in [0.25, 0.3) is 0 Å². The molecule has 0 spiro atoms. The standard InChI is InChI=1S/C9H8ClNO/c10-6-5-8-3-1-2-4-9(8)11-7-12/h1-4H,5-6H2. The van der Waals surface area contributed by atoms with Crippen LogP contribution in [0.2, 0.25) is 0 Å². The normalized spacial score (nSPS) is 9.08. The SMILES string of the molecule is O=C=Nc1ccccc1CCCl. The quantitative estimate of drug-likeness (QED) is 0.400. The average Bonchev–Trinajstić information content (AvgIpc) is 2.09. The van der Waals surface area contributed by atoms with Gasteiger partial charge in [0.05, 0.1) is 5.69 Å². The van der Waals surface area contributed by atoms with Crippen molar-refractivity contribution in [2.24, 2.45) is 4.99 Å². The van der Waals surface area contributed by atoms with E-state index in [2.05, 4.69) is 4.99 Å². The summed E-state index contributed by atoms with van der Waals surface area (Å²) in [5.74, 6) is 0.533. The van der Waals surface area contributed by atoms with Gasteiger partial charge in [-0.2, -0.15) is 4.99 Å². The topological polar surface area (TPSA) is 29.4 Å². The van der Waals surface area contributed by atoms with Gasteiger partial charge in [-0.05, 0) is 18.1 Å². The van der Waals surface area contributed by atoms with Gasteiger partial charge >= 0.3 is 0 Å². The smallest absolute Gasteiger partial charge is 0.211 e. The molecule has 0 aliphatic rings. The molecule has 0 atom stereocenters.